The first-order valence-electron chi connectivity index (χ1n) is 7.06. The van der Waals surface area contributed by atoms with Gasteiger partial charge in [-0.05, 0) is 36.1 Å². The lowest BCUT2D eigenvalue weighted by molar-refractivity contribution is -0.120. The van der Waals surface area contributed by atoms with Crippen LogP contribution in [0, 0.1) is 17.6 Å². The van der Waals surface area contributed by atoms with Crippen LogP contribution in [0.2, 0.25) is 0 Å². The van der Waals surface area contributed by atoms with Crippen molar-refractivity contribution in [3.63, 3.8) is 0 Å². The smallest absolute Gasteiger partial charge is 0.274 e. The van der Waals surface area contributed by atoms with Crippen molar-refractivity contribution in [1.29, 1.82) is 0 Å². The maximum atomic E-state index is 13.6. The van der Waals surface area contributed by atoms with E-state index >= 15 is 0 Å². The van der Waals surface area contributed by atoms with Gasteiger partial charge < -0.3 is 0 Å². The Balaban J connectivity index is 2.06. The fourth-order valence-corrected chi connectivity index (χ4v) is 3.67. The molecule has 122 valence electrons. The third-order valence-corrected chi connectivity index (χ3v) is 5.41. The Kier molecular flexibility index (Phi) is 4.81. The summed E-state index contributed by atoms with van der Waals surface area (Å²) in [7, 11) is -3.88. The molecule has 0 spiro atoms. The summed E-state index contributed by atoms with van der Waals surface area (Å²) in [6.45, 7) is 3.81. The van der Waals surface area contributed by atoms with Crippen LogP contribution < -0.4 is 4.72 Å². The lowest BCUT2D eigenvalue weighted by Crippen LogP contribution is -2.44. The number of hydrogen-bond acceptors (Lipinski definition) is 3. The molecule has 2 rings (SSSR count). The molecule has 0 heterocycles. The first kappa shape index (κ1) is 16.8. The lowest BCUT2D eigenvalue weighted by atomic mass is 10.1. The van der Waals surface area contributed by atoms with Gasteiger partial charge in [0.25, 0.3) is 0 Å². The number of nitrogens with zero attached hydrogens (tertiary/aromatic N) is 1. The maximum Gasteiger partial charge on any atom is 0.303 e. The molecule has 1 amide bonds. The van der Waals surface area contributed by atoms with Gasteiger partial charge in [-0.1, -0.05) is 13.8 Å². The largest absolute Gasteiger partial charge is 0.303 e. The van der Waals surface area contributed by atoms with Gasteiger partial charge in [-0.2, -0.15) is 12.7 Å². The third kappa shape index (κ3) is 3.44. The molecule has 8 heteroatoms. The Morgan fingerprint density at radius 3 is 2.55 bits per heavy atom. The standard InChI is InChI=1S/C14H18F2N2O3S/c1-3-18(4-2)22(20,21)17-14(19)12-8-10(12)11-7-9(15)5-6-13(11)16/h5-7,10,12H,3-4,8H2,1-2H3,(H,17,19)/t10-,12-/m0/s1. The van der Waals surface area contributed by atoms with E-state index in [2.05, 4.69) is 0 Å². The van der Waals surface area contributed by atoms with Crippen molar-refractivity contribution in [3.8, 4) is 0 Å². The van der Waals surface area contributed by atoms with Gasteiger partial charge in [0, 0.05) is 19.0 Å². The number of halogens is 2. The van der Waals surface area contributed by atoms with Crippen LogP contribution in [0.15, 0.2) is 18.2 Å². The van der Waals surface area contributed by atoms with Gasteiger partial charge in [-0.25, -0.2) is 13.5 Å². The Hall–Kier alpha value is -1.54. The van der Waals surface area contributed by atoms with Crippen LogP contribution in [0.3, 0.4) is 0 Å². The predicted molar refractivity (Wildman–Crippen MR) is 77.2 cm³/mol. The van der Waals surface area contributed by atoms with Crippen LogP contribution in [0.5, 0.6) is 0 Å². The number of carbonyl (C=O) groups is 1. The summed E-state index contributed by atoms with van der Waals surface area (Å²) in [6.07, 6.45) is 0.306. The lowest BCUT2D eigenvalue weighted by Gasteiger charge is -2.18. The van der Waals surface area contributed by atoms with Crippen molar-refractivity contribution in [3.05, 3.63) is 35.4 Å². The summed E-state index contributed by atoms with van der Waals surface area (Å²) in [6, 6.07) is 3.05. The Bertz CT molecular complexity index is 675. The minimum absolute atomic E-state index is 0.111. The number of nitrogens with one attached hydrogen (secondary N) is 1. The second-order valence-corrected chi connectivity index (χ2v) is 6.84. The SMILES string of the molecule is CCN(CC)S(=O)(=O)NC(=O)[C@H]1C[C@H]1c1cc(F)ccc1F. The summed E-state index contributed by atoms with van der Waals surface area (Å²) in [4.78, 5) is 12.0. The van der Waals surface area contributed by atoms with Crippen LogP contribution in [0.4, 0.5) is 8.78 Å². The highest BCUT2D eigenvalue weighted by Crippen LogP contribution is 2.48. The van der Waals surface area contributed by atoms with Gasteiger partial charge >= 0.3 is 10.2 Å². The van der Waals surface area contributed by atoms with Gasteiger partial charge in [-0.15, -0.1) is 0 Å². The molecule has 1 aromatic carbocycles. The summed E-state index contributed by atoms with van der Waals surface area (Å²) in [5.74, 6) is -2.99. The number of benzene rings is 1. The number of rotatable bonds is 6. The minimum Gasteiger partial charge on any atom is -0.274 e. The average molecular weight is 332 g/mol. The van der Waals surface area contributed by atoms with Gasteiger partial charge in [0.05, 0.1) is 0 Å². The van der Waals surface area contributed by atoms with Gasteiger partial charge in [0.1, 0.15) is 11.6 Å². The molecular weight excluding hydrogens is 314 g/mol. The van der Waals surface area contributed by atoms with E-state index in [-0.39, 0.29) is 18.7 Å². The number of amides is 1. The Morgan fingerprint density at radius 2 is 1.95 bits per heavy atom. The molecule has 0 unspecified atom stereocenters. The summed E-state index contributed by atoms with van der Waals surface area (Å²) in [5.41, 5.74) is 0.111. The molecular formula is C14H18F2N2O3S. The van der Waals surface area contributed by atoms with Crippen molar-refractivity contribution in [2.75, 3.05) is 13.1 Å². The first-order chi connectivity index (χ1) is 10.3. The van der Waals surface area contributed by atoms with E-state index in [0.717, 1.165) is 22.5 Å². The molecule has 0 bridgehead atoms. The second-order valence-electron chi connectivity index (χ2n) is 5.17. The van der Waals surface area contributed by atoms with Crippen LogP contribution >= 0.6 is 0 Å². The molecule has 0 aromatic heterocycles. The zero-order chi connectivity index (χ0) is 16.5. The molecule has 1 saturated carbocycles. The third-order valence-electron chi connectivity index (χ3n) is 3.76. The van der Waals surface area contributed by atoms with Crippen LogP contribution in [0.25, 0.3) is 0 Å². The average Bonchev–Trinajstić information content (AvgIpc) is 3.22. The molecule has 5 nitrogen and oxygen atoms in total. The number of carbonyl (C=O) groups excluding carboxylic acids is 1. The molecule has 22 heavy (non-hydrogen) atoms. The minimum atomic E-state index is -3.88. The van der Waals surface area contributed by atoms with E-state index in [1.54, 1.807) is 13.8 Å². The van der Waals surface area contributed by atoms with E-state index in [0.29, 0.717) is 6.42 Å². The van der Waals surface area contributed by atoms with Gasteiger partial charge in [0.15, 0.2) is 0 Å². The molecule has 2 atom stereocenters. The van der Waals surface area contributed by atoms with Crippen LogP contribution in [-0.2, 0) is 15.0 Å². The van der Waals surface area contributed by atoms with Crippen molar-refractivity contribution in [1.82, 2.24) is 9.03 Å². The second kappa shape index (κ2) is 6.29. The van der Waals surface area contributed by atoms with E-state index in [9.17, 15) is 22.0 Å². The number of hydrogen-bond donors (Lipinski definition) is 1. The molecule has 1 aliphatic carbocycles. The van der Waals surface area contributed by atoms with Crippen LogP contribution in [-0.4, -0.2) is 31.7 Å². The molecule has 1 fully saturated rings. The maximum absolute atomic E-state index is 13.6. The van der Waals surface area contributed by atoms with Crippen molar-refractivity contribution in [2.45, 2.75) is 26.2 Å². The van der Waals surface area contributed by atoms with Crippen molar-refractivity contribution >= 4 is 16.1 Å². The summed E-state index contributed by atoms with van der Waals surface area (Å²) >= 11 is 0. The predicted octanol–water partition coefficient (Wildman–Crippen LogP) is 1.77. The first-order valence-corrected chi connectivity index (χ1v) is 8.50. The normalized spacial score (nSPS) is 21.0. The molecule has 1 aliphatic rings. The highest BCUT2D eigenvalue weighted by Gasteiger charge is 2.46. The van der Waals surface area contributed by atoms with Crippen molar-refractivity contribution < 1.29 is 22.0 Å². The summed E-state index contributed by atoms with van der Waals surface area (Å²) < 4.78 is 53.8. The quantitative estimate of drug-likeness (QED) is 0.863. The highest BCUT2D eigenvalue weighted by atomic mass is 32.2. The van der Waals surface area contributed by atoms with E-state index in [4.69, 9.17) is 0 Å². The molecule has 0 saturated heterocycles. The van der Waals surface area contributed by atoms with Crippen molar-refractivity contribution in [2.24, 2.45) is 5.92 Å². The fourth-order valence-electron chi connectivity index (χ4n) is 2.46. The molecule has 1 N–H and O–H groups in total. The van der Waals surface area contributed by atoms with Crippen LogP contribution in [0.1, 0.15) is 31.7 Å². The Labute approximate surface area is 128 Å². The summed E-state index contributed by atoms with van der Waals surface area (Å²) in [5, 5.41) is 0. The highest BCUT2D eigenvalue weighted by molar-refractivity contribution is 7.87. The zero-order valence-corrected chi connectivity index (χ0v) is 13.2. The van der Waals surface area contributed by atoms with E-state index in [1.165, 1.54) is 0 Å². The van der Waals surface area contributed by atoms with E-state index < -0.39 is 39.6 Å². The topological polar surface area (TPSA) is 66.5 Å². The Morgan fingerprint density at radius 1 is 1.32 bits per heavy atom. The van der Waals surface area contributed by atoms with E-state index in [1.807, 2.05) is 4.72 Å². The molecule has 0 aliphatic heterocycles. The fraction of sp³-hybridized carbons (Fsp3) is 0.500. The van der Waals surface area contributed by atoms with Gasteiger partial charge in [0.2, 0.25) is 5.91 Å². The monoisotopic (exact) mass is 332 g/mol. The van der Waals surface area contributed by atoms with Gasteiger partial charge in [-0.3, -0.25) is 4.79 Å². The molecule has 1 aromatic rings. The molecule has 0 radical (unpaired) electrons. The zero-order valence-electron chi connectivity index (χ0n) is 12.3.